The molecular formula is C13H20BrN3. The van der Waals surface area contributed by atoms with Gasteiger partial charge in [-0.05, 0) is 41.6 Å². The zero-order valence-electron chi connectivity index (χ0n) is 10.6. The van der Waals surface area contributed by atoms with Gasteiger partial charge in [-0.3, -0.25) is 0 Å². The molecule has 0 aliphatic carbocycles. The number of hydrogen-bond acceptors (Lipinski definition) is 3. The van der Waals surface area contributed by atoms with Crippen LogP contribution >= 0.6 is 15.9 Å². The van der Waals surface area contributed by atoms with E-state index in [0.717, 1.165) is 29.2 Å². The maximum absolute atomic E-state index is 4.66. The fraction of sp³-hybridized carbons (Fsp3) is 0.692. The number of piperidine rings is 1. The lowest BCUT2D eigenvalue weighted by atomic mass is 10.0. The lowest BCUT2D eigenvalue weighted by Gasteiger charge is -2.36. The summed E-state index contributed by atoms with van der Waals surface area (Å²) in [5, 5.41) is 0. The molecule has 1 saturated heterocycles. The molecule has 0 aromatic carbocycles. The Morgan fingerprint density at radius 3 is 2.88 bits per heavy atom. The van der Waals surface area contributed by atoms with Crippen LogP contribution in [0.2, 0.25) is 0 Å². The third-order valence-corrected chi connectivity index (χ3v) is 3.84. The van der Waals surface area contributed by atoms with Gasteiger partial charge in [0.2, 0.25) is 0 Å². The molecule has 4 heteroatoms. The lowest BCUT2D eigenvalue weighted by Crippen LogP contribution is -2.39. The first-order valence-electron chi connectivity index (χ1n) is 6.54. The Kier molecular flexibility index (Phi) is 4.37. The molecule has 1 aromatic rings. The number of halogens is 1. The third-order valence-electron chi connectivity index (χ3n) is 3.44. The summed E-state index contributed by atoms with van der Waals surface area (Å²) in [4.78, 5) is 11.5. The molecule has 17 heavy (non-hydrogen) atoms. The number of nitrogens with zero attached hydrogens (tertiary/aromatic N) is 3. The fourth-order valence-corrected chi connectivity index (χ4v) is 2.89. The molecule has 1 atom stereocenters. The molecule has 94 valence electrons. The monoisotopic (exact) mass is 297 g/mol. The summed E-state index contributed by atoms with van der Waals surface area (Å²) in [5.41, 5.74) is 0. The molecule has 1 aromatic heterocycles. The predicted molar refractivity (Wildman–Crippen MR) is 74.4 cm³/mol. The Labute approximate surface area is 112 Å². The highest BCUT2D eigenvalue weighted by molar-refractivity contribution is 9.10. The van der Waals surface area contributed by atoms with E-state index in [0.29, 0.717) is 6.04 Å². The van der Waals surface area contributed by atoms with Crippen molar-refractivity contribution >= 4 is 21.7 Å². The summed E-state index contributed by atoms with van der Waals surface area (Å²) < 4.78 is 0.903. The van der Waals surface area contributed by atoms with Gasteiger partial charge in [-0.2, -0.15) is 0 Å². The van der Waals surface area contributed by atoms with Crippen LogP contribution in [0.15, 0.2) is 10.7 Å². The van der Waals surface area contributed by atoms with E-state index in [9.17, 15) is 0 Å². The minimum absolute atomic E-state index is 0.648. The van der Waals surface area contributed by atoms with E-state index >= 15 is 0 Å². The van der Waals surface area contributed by atoms with Crippen molar-refractivity contribution in [2.45, 2.75) is 52.0 Å². The van der Waals surface area contributed by atoms with Crippen molar-refractivity contribution < 1.29 is 0 Å². The molecule has 0 amide bonds. The second-order valence-electron chi connectivity index (χ2n) is 4.57. The van der Waals surface area contributed by atoms with E-state index in [1.807, 2.05) is 6.07 Å². The summed E-state index contributed by atoms with van der Waals surface area (Å²) in [5.74, 6) is 2.02. The second kappa shape index (κ2) is 5.80. The van der Waals surface area contributed by atoms with Crippen molar-refractivity contribution in [3.05, 3.63) is 16.5 Å². The van der Waals surface area contributed by atoms with Gasteiger partial charge >= 0.3 is 0 Å². The van der Waals surface area contributed by atoms with E-state index in [2.05, 4.69) is 44.6 Å². The van der Waals surface area contributed by atoms with E-state index in [1.165, 1.54) is 25.7 Å². The zero-order valence-corrected chi connectivity index (χ0v) is 12.2. The van der Waals surface area contributed by atoms with E-state index in [1.54, 1.807) is 0 Å². The molecule has 3 nitrogen and oxygen atoms in total. The molecule has 0 N–H and O–H groups in total. The average Bonchev–Trinajstić information content (AvgIpc) is 2.37. The first kappa shape index (κ1) is 12.8. The van der Waals surface area contributed by atoms with Gasteiger partial charge in [0.1, 0.15) is 16.2 Å². The molecule has 1 unspecified atom stereocenters. The SMILES string of the molecule is CCc1nc(Br)cc(N2CCCCC2CC)n1. The zero-order chi connectivity index (χ0) is 12.3. The second-order valence-corrected chi connectivity index (χ2v) is 5.38. The van der Waals surface area contributed by atoms with Crippen molar-refractivity contribution in [3.8, 4) is 0 Å². The van der Waals surface area contributed by atoms with Crippen molar-refractivity contribution in [2.24, 2.45) is 0 Å². The minimum Gasteiger partial charge on any atom is -0.354 e. The van der Waals surface area contributed by atoms with Crippen LogP contribution in [-0.2, 0) is 6.42 Å². The number of aryl methyl sites for hydroxylation is 1. The van der Waals surface area contributed by atoms with Crippen LogP contribution in [-0.4, -0.2) is 22.6 Å². The highest BCUT2D eigenvalue weighted by Crippen LogP contribution is 2.26. The summed E-state index contributed by atoms with van der Waals surface area (Å²) >= 11 is 3.48. The Morgan fingerprint density at radius 1 is 1.35 bits per heavy atom. The van der Waals surface area contributed by atoms with Gasteiger partial charge in [0, 0.05) is 25.1 Å². The maximum Gasteiger partial charge on any atom is 0.133 e. The Hall–Kier alpha value is -0.640. The summed E-state index contributed by atoms with van der Waals surface area (Å²) in [7, 11) is 0. The van der Waals surface area contributed by atoms with Crippen molar-refractivity contribution in [3.63, 3.8) is 0 Å². The summed E-state index contributed by atoms with van der Waals surface area (Å²) in [6, 6.07) is 2.70. The first-order valence-corrected chi connectivity index (χ1v) is 7.34. The van der Waals surface area contributed by atoms with Crippen molar-refractivity contribution in [2.75, 3.05) is 11.4 Å². The Balaban J connectivity index is 2.27. The van der Waals surface area contributed by atoms with Gasteiger partial charge in [-0.25, -0.2) is 9.97 Å². The summed E-state index contributed by atoms with van der Waals surface area (Å²) in [6.45, 7) is 5.49. The molecule has 0 bridgehead atoms. The van der Waals surface area contributed by atoms with E-state index in [-0.39, 0.29) is 0 Å². The van der Waals surface area contributed by atoms with E-state index < -0.39 is 0 Å². The number of rotatable bonds is 3. The molecule has 1 aliphatic rings. The predicted octanol–water partition coefficient (Wildman–Crippen LogP) is 3.57. The van der Waals surface area contributed by atoms with Crippen LogP contribution < -0.4 is 4.90 Å². The van der Waals surface area contributed by atoms with Gasteiger partial charge in [0.05, 0.1) is 0 Å². The lowest BCUT2D eigenvalue weighted by molar-refractivity contribution is 0.446. The molecule has 2 heterocycles. The number of hydrogen-bond donors (Lipinski definition) is 0. The largest absolute Gasteiger partial charge is 0.354 e. The highest BCUT2D eigenvalue weighted by Gasteiger charge is 2.22. The van der Waals surface area contributed by atoms with Crippen LogP contribution in [0.5, 0.6) is 0 Å². The Morgan fingerprint density at radius 2 is 2.18 bits per heavy atom. The van der Waals surface area contributed by atoms with Crippen molar-refractivity contribution in [1.82, 2.24) is 9.97 Å². The van der Waals surface area contributed by atoms with Crippen LogP contribution in [0.3, 0.4) is 0 Å². The maximum atomic E-state index is 4.66. The van der Waals surface area contributed by atoms with Gasteiger partial charge < -0.3 is 4.90 Å². The van der Waals surface area contributed by atoms with Crippen molar-refractivity contribution in [1.29, 1.82) is 0 Å². The van der Waals surface area contributed by atoms with Crippen LogP contribution in [0.4, 0.5) is 5.82 Å². The molecule has 2 rings (SSSR count). The standard InChI is InChI=1S/C13H20BrN3/c1-3-10-7-5-6-8-17(10)13-9-11(14)15-12(4-2)16-13/h9-10H,3-8H2,1-2H3. The molecule has 1 fully saturated rings. The third kappa shape index (κ3) is 2.97. The summed E-state index contributed by atoms with van der Waals surface area (Å²) in [6.07, 6.45) is 6.00. The average molecular weight is 298 g/mol. The normalized spacial score (nSPS) is 20.6. The smallest absolute Gasteiger partial charge is 0.133 e. The number of anilines is 1. The van der Waals surface area contributed by atoms with Crippen LogP contribution in [0.25, 0.3) is 0 Å². The van der Waals surface area contributed by atoms with Crippen LogP contribution in [0, 0.1) is 0 Å². The van der Waals surface area contributed by atoms with Gasteiger partial charge in [-0.1, -0.05) is 13.8 Å². The van der Waals surface area contributed by atoms with Gasteiger partial charge in [-0.15, -0.1) is 0 Å². The molecule has 0 spiro atoms. The Bertz CT molecular complexity index is 381. The molecule has 0 radical (unpaired) electrons. The molecular weight excluding hydrogens is 278 g/mol. The van der Waals surface area contributed by atoms with E-state index in [4.69, 9.17) is 0 Å². The quantitative estimate of drug-likeness (QED) is 0.799. The highest BCUT2D eigenvalue weighted by atomic mass is 79.9. The first-order chi connectivity index (χ1) is 8.24. The topological polar surface area (TPSA) is 29.0 Å². The minimum atomic E-state index is 0.648. The fourth-order valence-electron chi connectivity index (χ4n) is 2.48. The molecule has 0 saturated carbocycles. The van der Waals surface area contributed by atoms with Gasteiger partial charge in [0.15, 0.2) is 0 Å². The van der Waals surface area contributed by atoms with Crippen LogP contribution in [0.1, 0.15) is 45.4 Å². The number of aromatic nitrogens is 2. The molecule has 1 aliphatic heterocycles. The van der Waals surface area contributed by atoms with Gasteiger partial charge in [0.25, 0.3) is 0 Å².